The van der Waals surface area contributed by atoms with E-state index in [-0.39, 0.29) is 12.3 Å². The van der Waals surface area contributed by atoms with Crippen molar-refractivity contribution in [3.8, 4) is 0 Å². The minimum Gasteiger partial charge on any atom is -0.465 e. The molecule has 3 aromatic rings. The second kappa shape index (κ2) is 7.29. The number of furan rings is 1. The Balaban J connectivity index is 1.78. The first-order valence-corrected chi connectivity index (χ1v) is 9.05. The van der Waals surface area contributed by atoms with Crippen molar-refractivity contribution in [1.29, 1.82) is 0 Å². The van der Waals surface area contributed by atoms with Crippen LogP contribution in [0.2, 0.25) is 0 Å². The van der Waals surface area contributed by atoms with Gasteiger partial charge in [-0.1, -0.05) is 25.2 Å². The average Bonchev–Trinajstić information content (AvgIpc) is 3.20. The van der Waals surface area contributed by atoms with Crippen LogP contribution >= 0.6 is 11.3 Å². The molecule has 2 heterocycles. The Hall–Kier alpha value is -2.67. The maximum Gasteiger partial charge on any atom is 0.349 e. The lowest BCUT2D eigenvalue weighted by Crippen LogP contribution is -2.13. The van der Waals surface area contributed by atoms with Crippen LogP contribution < -0.4 is 5.32 Å². The van der Waals surface area contributed by atoms with Gasteiger partial charge in [-0.3, -0.25) is 4.79 Å². The van der Waals surface area contributed by atoms with Crippen molar-refractivity contribution in [2.75, 3.05) is 12.4 Å². The normalized spacial score (nSPS) is 11.1. The Morgan fingerprint density at radius 2 is 2.12 bits per heavy atom. The molecule has 0 aliphatic carbocycles. The van der Waals surface area contributed by atoms with Crippen molar-refractivity contribution in [2.45, 2.75) is 33.1 Å². The van der Waals surface area contributed by atoms with Gasteiger partial charge in [0.05, 0.1) is 26.0 Å². The molecule has 7 heteroatoms. The number of aryl methyl sites for hydroxylation is 1. The molecule has 1 amide bonds. The number of aromatic nitrogens is 1. The molecule has 0 aliphatic heterocycles. The maximum atomic E-state index is 12.4. The van der Waals surface area contributed by atoms with Gasteiger partial charge < -0.3 is 14.5 Å². The molecular formula is C19H20N2O4S. The first-order chi connectivity index (χ1) is 12.4. The highest BCUT2D eigenvalue weighted by molar-refractivity contribution is 7.17. The topological polar surface area (TPSA) is 81.4 Å². The molecule has 0 bridgehead atoms. The minimum absolute atomic E-state index is 0.167. The Kier molecular flexibility index (Phi) is 5.08. The number of methoxy groups -OCH3 is 1. The third-order valence-electron chi connectivity index (χ3n) is 4.15. The van der Waals surface area contributed by atoms with Crippen LogP contribution in [0, 0.1) is 6.92 Å². The van der Waals surface area contributed by atoms with E-state index in [1.165, 1.54) is 24.4 Å². The lowest BCUT2D eigenvalue weighted by molar-refractivity contribution is -0.115. The number of thiazole rings is 1. The van der Waals surface area contributed by atoms with E-state index in [0.29, 0.717) is 15.9 Å². The molecule has 0 radical (unpaired) electrons. The standard InChI is InChI=1S/C19H20N2O4S/c1-10(2)13-7-14-12(9-25-15(14)5-11(13)3)6-17(22)21-19-20-8-16(26-19)18(23)24-4/h5,7-10H,6H2,1-4H3,(H,20,21,22). The molecule has 0 spiro atoms. The van der Waals surface area contributed by atoms with E-state index in [1.54, 1.807) is 6.26 Å². The van der Waals surface area contributed by atoms with Gasteiger partial charge in [-0.05, 0) is 36.1 Å². The number of esters is 1. The molecule has 1 N–H and O–H groups in total. The zero-order valence-corrected chi connectivity index (χ0v) is 15.9. The van der Waals surface area contributed by atoms with Crippen molar-refractivity contribution < 1.29 is 18.7 Å². The van der Waals surface area contributed by atoms with Gasteiger partial charge in [-0.25, -0.2) is 9.78 Å². The third kappa shape index (κ3) is 3.62. The van der Waals surface area contributed by atoms with E-state index in [9.17, 15) is 9.59 Å². The Labute approximate surface area is 155 Å². The Bertz CT molecular complexity index is 971. The van der Waals surface area contributed by atoms with Gasteiger partial charge in [0.15, 0.2) is 5.13 Å². The van der Waals surface area contributed by atoms with Gasteiger partial charge in [0, 0.05) is 10.9 Å². The number of hydrogen-bond acceptors (Lipinski definition) is 6. The van der Waals surface area contributed by atoms with Gasteiger partial charge >= 0.3 is 5.97 Å². The van der Waals surface area contributed by atoms with E-state index >= 15 is 0 Å². The summed E-state index contributed by atoms with van der Waals surface area (Å²) >= 11 is 1.08. The zero-order valence-electron chi connectivity index (χ0n) is 15.1. The van der Waals surface area contributed by atoms with Crippen LogP contribution in [0.15, 0.2) is 29.0 Å². The minimum atomic E-state index is -0.472. The number of ether oxygens (including phenoxy) is 1. The van der Waals surface area contributed by atoms with E-state index < -0.39 is 5.97 Å². The fourth-order valence-electron chi connectivity index (χ4n) is 2.87. The highest BCUT2D eigenvalue weighted by Gasteiger charge is 2.16. The van der Waals surface area contributed by atoms with Crippen LogP contribution in [0.1, 0.15) is 46.1 Å². The van der Waals surface area contributed by atoms with Crippen molar-refractivity contribution in [2.24, 2.45) is 0 Å². The van der Waals surface area contributed by atoms with Gasteiger partial charge in [0.1, 0.15) is 10.5 Å². The number of carbonyl (C=O) groups is 2. The second-order valence-electron chi connectivity index (χ2n) is 6.37. The molecule has 0 unspecified atom stereocenters. The number of nitrogens with zero attached hydrogens (tertiary/aromatic N) is 1. The Morgan fingerprint density at radius 3 is 2.81 bits per heavy atom. The van der Waals surface area contributed by atoms with Crippen molar-refractivity contribution in [3.05, 3.63) is 46.2 Å². The van der Waals surface area contributed by atoms with Crippen molar-refractivity contribution >= 4 is 39.3 Å². The molecule has 0 saturated heterocycles. The van der Waals surface area contributed by atoms with Crippen molar-refractivity contribution in [1.82, 2.24) is 4.98 Å². The predicted molar refractivity (Wildman–Crippen MR) is 101 cm³/mol. The van der Waals surface area contributed by atoms with Crippen LogP contribution in [-0.2, 0) is 16.0 Å². The van der Waals surface area contributed by atoms with Crippen LogP contribution in [-0.4, -0.2) is 24.0 Å². The summed E-state index contributed by atoms with van der Waals surface area (Å²) in [5.74, 6) is -0.298. The van der Waals surface area contributed by atoms with Crippen LogP contribution in [0.25, 0.3) is 11.0 Å². The van der Waals surface area contributed by atoms with E-state index in [1.807, 2.05) is 6.07 Å². The van der Waals surface area contributed by atoms with Crippen LogP contribution in [0.3, 0.4) is 0 Å². The quantitative estimate of drug-likeness (QED) is 0.676. The second-order valence-corrected chi connectivity index (χ2v) is 7.40. The summed E-state index contributed by atoms with van der Waals surface area (Å²) in [6, 6.07) is 4.11. The largest absolute Gasteiger partial charge is 0.465 e. The molecule has 6 nitrogen and oxygen atoms in total. The molecule has 26 heavy (non-hydrogen) atoms. The number of benzene rings is 1. The maximum absolute atomic E-state index is 12.4. The fourth-order valence-corrected chi connectivity index (χ4v) is 3.62. The summed E-state index contributed by atoms with van der Waals surface area (Å²) in [4.78, 5) is 28.2. The molecule has 3 rings (SSSR count). The summed E-state index contributed by atoms with van der Waals surface area (Å²) in [6.07, 6.45) is 3.17. The van der Waals surface area contributed by atoms with Gasteiger partial charge in [-0.15, -0.1) is 0 Å². The molecule has 2 aromatic heterocycles. The lowest BCUT2D eigenvalue weighted by atomic mass is 9.95. The van der Waals surface area contributed by atoms with Crippen LogP contribution in [0.5, 0.6) is 0 Å². The number of nitrogens with one attached hydrogen (secondary N) is 1. The van der Waals surface area contributed by atoms with E-state index in [2.05, 4.69) is 41.9 Å². The first kappa shape index (κ1) is 18.1. The first-order valence-electron chi connectivity index (χ1n) is 8.23. The summed E-state index contributed by atoms with van der Waals surface area (Å²) in [5, 5.41) is 4.02. The lowest BCUT2D eigenvalue weighted by Gasteiger charge is -2.09. The SMILES string of the molecule is COC(=O)c1cnc(NC(=O)Cc2coc3cc(C)c(C(C)C)cc23)s1. The molecule has 0 saturated carbocycles. The average molecular weight is 372 g/mol. The highest BCUT2D eigenvalue weighted by Crippen LogP contribution is 2.29. The Morgan fingerprint density at radius 1 is 1.35 bits per heavy atom. The number of anilines is 1. The van der Waals surface area contributed by atoms with Gasteiger partial charge in [0.25, 0.3) is 0 Å². The fraction of sp³-hybridized carbons (Fsp3) is 0.316. The van der Waals surface area contributed by atoms with E-state index in [4.69, 9.17) is 4.42 Å². The number of rotatable bonds is 5. The number of amides is 1. The number of fused-ring (bicyclic) bond motifs is 1. The molecule has 1 aromatic carbocycles. The summed E-state index contributed by atoms with van der Waals surface area (Å²) < 4.78 is 10.2. The van der Waals surface area contributed by atoms with Crippen LogP contribution in [0.4, 0.5) is 5.13 Å². The molecule has 136 valence electrons. The smallest absolute Gasteiger partial charge is 0.349 e. The number of carbonyl (C=O) groups excluding carboxylic acids is 2. The summed E-state index contributed by atoms with van der Waals surface area (Å²) in [6.45, 7) is 6.34. The highest BCUT2D eigenvalue weighted by atomic mass is 32.1. The molecular weight excluding hydrogens is 352 g/mol. The molecule has 0 atom stereocenters. The predicted octanol–water partition coefficient (Wildman–Crippen LogP) is 4.29. The monoisotopic (exact) mass is 372 g/mol. The molecule has 0 aliphatic rings. The number of hydrogen-bond donors (Lipinski definition) is 1. The van der Waals surface area contributed by atoms with Crippen molar-refractivity contribution in [3.63, 3.8) is 0 Å². The zero-order chi connectivity index (χ0) is 18.8. The summed E-state index contributed by atoms with van der Waals surface area (Å²) in [7, 11) is 1.30. The third-order valence-corrected chi connectivity index (χ3v) is 5.05. The summed E-state index contributed by atoms with van der Waals surface area (Å²) in [5.41, 5.74) is 4.01. The van der Waals surface area contributed by atoms with E-state index in [0.717, 1.165) is 27.9 Å². The van der Waals surface area contributed by atoms with Gasteiger partial charge in [0.2, 0.25) is 5.91 Å². The van der Waals surface area contributed by atoms with Gasteiger partial charge in [-0.2, -0.15) is 0 Å². The molecule has 0 fully saturated rings.